The van der Waals surface area contributed by atoms with Gasteiger partial charge in [-0.05, 0) is 45.6 Å². The van der Waals surface area contributed by atoms with Gasteiger partial charge in [0.05, 0.1) is 6.04 Å². The van der Waals surface area contributed by atoms with E-state index in [1.807, 2.05) is 0 Å². The summed E-state index contributed by atoms with van der Waals surface area (Å²) in [7, 11) is 0. The fraction of sp³-hybridized carbons (Fsp3) is 0.917. The first-order valence-corrected chi connectivity index (χ1v) is 6.29. The molecule has 3 heteroatoms. The van der Waals surface area contributed by atoms with Gasteiger partial charge in [0.1, 0.15) is 0 Å². The summed E-state index contributed by atoms with van der Waals surface area (Å²) in [5, 5.41) is 3.31. The molecule has 0 aromatic heterocycles. The van der Waals surface area contributed by atoms with E-state index in [1.54, 1.807) is 0 Å². The minimum Gasteiger partial charge on any atom is -0.336 e. The summed E-state index contributed by atoms with van der Waals surface area (Å²) in [4.78, 5) is 14.4. The van der Waals surface area contributed by atoms with E-state index >= 15 is 0 Å². The molecule has 0 aromatic rings. The first-order chi connectivity index (χ1) is 7.24. The van der Waals surface area contributed by atoms with E-state index < -0.39 is 0 Å². The van der Waals surface area contributed by atoms with Crippen molar-refractivity contribution in [2.45, 2.75) is 64.1 Å². The molecule has 3 atom stereocenters. The first-order valence-electron chi connectivity index (χ1n) is 6.29. The SMILES string of the molecule is CCC1CCC(C)N1C(=O)C1CCCN1. The van der Waals surface area contributed by atoms with E-state index in [1.165, 1.54) is 12.8 Å². The molecule has 0 aromatic carbocycles. The van der Waals surface area contributed by atoms with E-state index in [4.69, 9.17) is 0 Å². The van der Waals surface area contributed by atoms with Gasteiger partial charge >= 0.3 is 0 Å². The van der Waals surface area contributed by atoms with Crippen LogP contribution in [0.4, 0.5) is 0 Å². The van der Waals surface area contributed by atoms with Crippen molar-refractivity contribution >= 4 is 5.91 Å². The van der Waals surface area contributed by atoms with Gasteiger partial charge in [-0.3, -0.25) is 4.79 Å². The molecule has 2 fully saturated rings. The van der Waals surface area contributed by atoms with Crippen LogP contribution in [0.25, 0.3) is 0 Å². The summed E-state index contributed by atoms with van der Waals surface area (Å²) in [5.41, 5.74) is 0. The Morgan fingerprint density at radius 3 is 2.80 bits per heavy atom. The van der Waals surface area contributed by atoms with Crippen molar-refractivity contribution in [2.24, 2.45) is 0 Å². The molecule has 1 amide bonds. The van der Waals surface area contributed by atoms with Crippen LogP contribution in [0.5, 0.6) is 0 Å². The van der Waals surface area contributed by atoms with Gasteiger partial charge in [-0.1, -0.05) is 6.92 Å². The highest BCUT2D eigenvalue weighted by atomic mass is 16.2. The number of carbonyl (C=O) groups is 1. The molecule has 2 aliphatic heterocycles. The average Bonchev–Trinajstić information content (AvgIpc) is 2.85. The van der Waals surface area contributed by atoms with Crippen molar-refractivity contribution < 1.29 is 4.79 Å². The predicted octanol–water partition coefficient (Wildman–Crippen LogP) is 1.53. The second kappa shape index (κ2) is 4.52. The van der Waals surface area contributed by atoms with Crippen LogP contribution in [0.15, 0.2) is 0 Å². The second-order valence-corrected chi connectivity index (χ2v) is 4.88. The Labute approximate surface area is 92.2 Å². The topological polar surface area (TPSA) is 32.3 Å². The number of hydrogen-bond acceptors (Lipinski definition) is 2. The molecule has 2 rings (SSSR count). The van der Waals surface area contributed by atoms with Crippen LogP contribution < -0.4 is 5.32 Å². The molecule has 3 nitrogen and oxygen atoms in total. The summed E-state index contributed by atoms with van der Waals surface area (Å²) in [5.74, 6) is 0.351. The lowest BCUT2D eigenvalue weighted by molar-refractivity contribution is -0.135. The Hall–Kier alpha value is -0.570. The molecule has 2 heterocycles. The fourth-order valence-corrected chi connectivity index (χ4v) is 2.94. The summed E-state index contributed by atoms with van der Waals surface area (Å²) in [6.07, 6.45) is 5.64. The molecule has 3 unspecified atom stereocenters. The summed E-state index contributed by atoms with van der Waals surface area (Å²) in [6.45, 7) is 5.38. The van der Waals surface area contributed by atoms with Crippen molar-refractivity contribution in [3.8, 4) is 0 Å². The van der Waals surface area contributed by atoms with Crippen molar-refractivity contribution in [3.05, 3.63) is 0 Å². The number of hydrogen-bond donors (Lipinski definition) is 1. The van der Waals surface area contributed by atoms with E-state index in [-0.39, 0.29) is 6.04 Å². The smallest absolute Gasteiger partial charge is 0.240 e. The van der Waals surface area contributed by atoms with E-state index in [0.29, 0.717) is 18.0 Å². The van der Waals surface area contributed by atoms with Crippen LogP contribution in [0.2, 0.25) is 0 Å². The van der Waals surface area contributed by atoms with Gasteiger partial charge in [0.2, 0.25) is 5.91 Å². The molecule has 86 valence electrons. The molecule has 1 N–H and O–H groups in total. The molecule has 2 saturated heterocycles. The van der Waals surface area contributed by atoms with Crippen molar-refractivity contribution in [2.75, 3.05) is 6.54 Å². The second-order valence-electron chi connectivity index (χ2n) is 4.88. The Morgan fingerprint density at radius 1 is 1.40 bits per heavy atom. The van der Waals surface area contributed by atoms with Gasteiger partial charge in [-0.2, -0.15) is 0 Å². The van der Waals surface area contributed by atoms with Crippen LogP contribution in [-0.2, 0) is 4.79 Å². The van der Waals surface area contributed by atoms with Gasteiger partial charge in [0, 0.05) is 12.1 Å². The lowest BCUT2D eigenvalue weighted by Gasteiger charge is -2.30. The van der Waals surface area contributed by atoms with E-state index in [9.17, 15) is 4.79 Å². The van der Waals surface area contributed by atoms with Crippen molar-refractivity contribution in [1.82, 2.24) is 10.2 Å². The molecule has 0 bridgehead atoms. The number of nitrogens with zero attached hydrogens (tertiary/aromatic N) is 1. The highest BCUT2D eigenvalue weighted by molar-refractivity contribution is 5.83. The number of likely N-dealkylation sites (tertiary alicyclic amines) is 1. The van der Waals surface area contributed by atoms with Gasteiger partial charge in [0.25, 0.3) is 0 Å². The highest BCUT2D eigenvalue weighted by Gasteiger charge is 2.37. The van der Waals surface area contributed by atoms with Gasteiger partial charge in [0.15, 0.2) is 0 Å². The zero-order valence-electron chi connectivity index (χ0n) is 9.83. The Balaban J connectivity index is 2.03. The zero-order valence-corrected chi connectivity index (χ0v) is 9.83. The van der Waals surface area contributed by atoms with Crippen LogP contribution in [0.3, 0.4) is 0 Å². The fourth-order valence-electron chi connectivity index (χ4n) is 2.94. The van der Waals surface area contributed by atoms with Gasteiger partial charge in [-0.25, -0.2) is 0 Å². The molecule has 0 aliphatic carbocycles. The average molecular weight is 210 g/mol. The maximum Gasteiger partial charge on any atom is 0.240 e. The highest BCUT2D eigenvalue weighted by Crippen LogP contribution is 2.27. The normalized spacial score (nSPS) is 36.1. The number of amides is 1. The molecular weight excluding hydrogens is 188 g/mol. The third-order valence-electron chi connectivity index (χ3n) is 3.87. The van der Waals surface area contributed by atoms with E-state index in [2.05, 4.69) is 24.1 Å². The zero-order chi connectivity index (χ0) is 10.8. The predicted molar refractivity (Wildman–Crippen MR) is 60.6 cm³/mol. The standard InChI is InChI=1S/C12H22N2O/c1-3-10-7-6-9(2)14(10)12(15)11-5-4-8-13-11/h9-11,13H,3-8H2,1-2H3. The lowest BCUT2D eigenvalue weighted by Crippen LogP contribution is -2.48. The summed E-state index contributed by atoms with van der Waals surface area (Å²) >= 11 is 0. The van der Waals surface area contributed by atoms with Gasteiger partial charge in [-0.15, -0.1) is 0 Å². The van der Waals surface area contributed by atoms with Gasteiger partial charge < -0.3 is 10.2 Å². The molecular formula is C12H22N2O. The monoisotopic (exact) mass is 210 g/mol. The van der Waals surface area contributed by atoms with Crippen molar-refractivity contribution in [1.29, 1.82) is 0 Å². The Morgan fingerprint density at radius 2 is 2.20 bits per heavy atom. The van der Waals surface area contributed by atoms with E-state index in [0.717, 1.165) is 25.8 Å². The largest absolute Gasteiger partial charge is 0.336 e. The lowest BCUT2D eigenvalue weighted by atomic mass is 10.1. The van der Waals surface area contributed by atoms with Crippen LogP contribution >= 0.6 is 0 Å². The molecule has 0 spiro atoms. The maximum absolute atomic E-state index is 12.3. The third-order valence-corrected chi connectivity index (χ3v) is 3.87. The van der Waals surface area contributed by atoms with Crippen LogP contribution in [0.1, 0.15) is 46.0 Å². The number of nitrogens with one attached hydrogen (secondary N) is 1. The van der Waals surface area contributed by atoms with Crippen LogP contribution in [-0.4, -0.2) is 35.5 Å². The van der Waals surface area contributed by atoms with Crippen molar-refractivity contribution in [3.63, 3.8) is 0 Å². The summed E-state index contributed by atoms with van der Waals surface area (Å²) in [6, 6.07) is 1.05. The Kier molecular flexibility index (Phi) is 3.29. The minimum atomic E-state index is 0.111. The molecule has 0 saturated carbocycles. The maximum atomic E-state index is 12.3. The molecule has 15 heavy (non-hydrogen) atoms. The number of rotatable bonds is 2. The summed E-state index contributed by atoms with van der Waals surface area (Å²) < 4.78 is 0. The first kappa shape index (κ1) is 10.9. The van der Waals surface area contributed by atoms with Crippen LogP contribution in [0, 0.1) is 0 Å². The number of carbonyl (C=O) groups excluding carboxylic acids is 1. The third kappa shape index (κ3) is 2.03. The molecule has 0 radical (unpaired) electrons. The molecule has 2 aliphatic rings. The Bertz CT molecular complexity index is 236. The minimum absolute atomic E-state index is 0.111. The quantitative estimate of drug-likeness (QED) is 0.749.